The van der Waals surface area contributed by atoms with E-state index in [1.54, 1.807) is 12.1 Å². The van der Waals surface area contributed by atoms with Crippen LogP contribution in [-0.4, -0.2) is 23.0 Å². The molecule has 0 saturated heterocycles. The first-order valence-corrected chi connectivity index (χ1v) is 8.24. The van der Waals surface area contributed by atoms with Crippen LogP contribution in [-0.2, 0) is 11.2 Å². The second-order valence-electron chi connectivity index (χ2n) is 5.64. The number of nitrogens with zero attached hydrogens (tertiary/aromatic N) is 2. The van der Waals surface area contributed by atoms with E-state index >= 15 is 0 Å². The predicted molar refractivity (Wildman–Crippen MR) is 91.3 cm³/mol. The van der Waals surface area contributed by atoms with Gasteiger partial charge in [-0.2, -0.15) is 0 Å². The maximum Gasteiger partial charge on any atom is 0.339 e. The summed E-state index contributed by atoms with van der Waals surface area (Å²) in [6, 6.07) is 7.59. The van der Waals surface area contributed by atoms with E-state index in [-0.39, 0.29) is 5.97 Å². The Morgan fingerprint density at radius 3 is 2.22 bits per heavy atom. The molecule has 0 spiro atoms. The minimum atomic E-state index is -0.379. The molecule has 23 heavy (non-hydrogen) atoms. The Balaban J connectivity index is 1.92. The number of rotatable bonds is 8. The molecular formula is C19H24N2O2. The molecule has 0 aliphatic rings. The fraction of sp³-hybridized carbons (Fsp3) is 0.421. The molecule has 4 heteroatoms. The molecular weight excluding hydrogens is 288 g/mol. The summed E-state index contributed by atoms with van der Waals surface area (Å²) in [5.41, 5.74) is 3.28. The van der Waals surface area contributed by atoms with E-state index in [1.807, 2.05) is 12.3 Å². The van der Waals surface area contributed by atoms with Crippen molar-refractivity contribution >= 4 is 5.97 Å². The minimum Gasteiger partial charge on any atom is -0.465 e. The zero-order chi connectivity index (χ0) is 16.5. The molecule has 0 unspecified atom stereocenters. The maximum atomic E-state index is 11.4. The second-order valence-corrected chi connectivity index (χ2v) is 5.64. The molecule has 0 bridgehead atoms. The molecule has 2 aromatic heterocycles. The van der Waals surface area contributed by atoms with Gasteiger partial charge in [-0.1, -0.05) is 38.7 Å². The van der Waals surface area contributed by atoms with Crippen molar-refractivity contribution in [2.24, 2.45) is 0 Å². The SMILES string of the molecule is CCCCCCCc1ccc(-c2ccc(C(=O)OC)cn2)nc1. The third-order valence-electron chi connectivity index (χ3n) is 3.84. The van der Waals surface area contributed by atoms with Crippen LogP contribution in [0.15, 0.2) is 36.7 Å². The van der Waals surface area contributed by atoms with Crippen molar-refractivity contribution in [3.05, 3.63) is 47.8 Å². The number of hydrogen-bond donors (Lipinski definition) is 0. The van der Waals surface area contributed by atoms with Gasteiger partial charge >= 0.3 is 5.97 Å². The highest BCUT2D eigenvalue weighted by Crippen LogP contribution is 2.16. The number of unbranched alkanes of at least 4 members (excludes halogenated alkanes) is 4. The third kappa shape index (κ3) is 5.16. The average molecular weight is 312 g/mol. The van der Waals surface area contributed by atoms with Crippen molar-refractivity contribution in [1.82, 2.24) is 9.97 Å². The van der Waals surface area contributed by atoms with E-state index in [0.717, 1.165) is 17.8 Å². The van der Waals surface area contributed by atoms with Crippen LogP contribution in [0.4, 0.5) is 0 Å². The Labute approximate surface area is 137 Å². The highest BCUT2D eigenvalue weighted by molar-refractivity contribution is 5.89. The summed E-state index contributed by atoms with van der Waals surface area (Å²) in [6.45, 7) is 2.23. The van der Waals surface area contributed by atoms with Crippen LogP contribution in [0.5, 0.6) is 0 Å². The lowest BCUT2D eigenvalue weighted by Gasteiger charge is -2.04. The van der Waals surface area contributed by atoms with Crippen molar-refractivity contribution in [2.75, 3.05) is 7.11 Å². The summed E-state index contributed by atoms with van der Waals surface area (Å²) >= 11 is 0. The standard InChI is InChI=1S/C19H24N2O2/c1-3-4-5-6-7-8-15-9-11-17(20-13-15)18-12-10-16(14-21-18)19(22)23-2/h9-14H,3-8H2,1-2H3. The fourth-order valence-corrected chi connectivity index (χ4v) is 2.44. The number of aryl methyl sites for hydroxylation is 1. The molecule has 0 saturated carbocycles. The largest absolute Gasteiger partial charge is 0.465 e. The summed E-state index contributed by atoms with van der Waals surface area (Å²) < 4.78 is 4.66. The Kier molecular flexibility index (Phi) is 6.73. The molecule has 0 aliphatic carbocycles. The van der Waals surface area contributed by atoms with Crippen LogP contribution < -0.4 is 0 Å². The van der Waals surface area contributed by atoms with Gasteiger partial charge in [0.15, 0.2) is 0 Å². The maximum absolute atomic E-state index is 11.4. The number of ether oxygens (including phenoxy) is 1. The summed E-state index contributed by atoms with van der Waals surface area (Å²) in [6.07, 6.45) is 10.9. The van der Waals surface area contributed by atoms with E-state index in [2.05, 4.69) is 27.7 Å². The molecule has 0 aromatic carbocycles. The summed E-state index contributed by atoms with van der Waals surface area (Å²) in [7, 11) is 1.36. The van der Waals surface area contributed by atoms with E-state index in [0.29, 0.717) is 5.56 Å². The van der Waals surface area contributed by atoms with Gasteiger partial charge in [0.25, 0.3) is 0 Å². The zero-order valence-corrected chi connectivity index (χ0v) is 13.9. The van der Waals surface area contributed by atoms with Gasteiger partial charge in [-0.15, -0.1) is 0 Å². The van der Waals surface area contributed by atoms with Crippen molar-refractivity contribution in [3.8, 4) is 11.4 Å². The average Bonchev–Trinajstić information content (AvgIpc) is 2.61. The van der Waals surface area contributed by atoms with Gasteiger partial charge in [0.2, 0.25) is 0 Å². The Morgan fingerprint density at radius 2 is 1.65 bits per heavy atom. The lowest BCUT2D eigenvalue weighted by atomic mass is 10.1. The van der Waals surface area contributed by atoms with E-state index < -0.39 is 0 Å². The molecule has 4 nitrogen and oxygen atoms in total. The lowest BCUT2D eigenvalue weighted by molar-refractivity contribution is 0.0600. The number of hydrogen-bond acceptors (Lipinski definition) is 4. The molecule has 0 radical (unpaired) electrons. The van der Waals surface area contributed by atoms with Crippen molar-refractivity contribution in [3.63, 3.8) is 0 Å². The van der Waals surface area contributed by atoms with Gasteiger partial charge in [-0.3, -0.25) is 9.97 Å². The van der Waals surface area contributed by atoms with Crippen LogP contribution in [0.2, 0.25) is 0 Å². The topological polar surface area (TPSA) is 52.1 Å². The fourth-order valence-electron chi connectivity index (χ4n) is 2.44. The smallest absolute Gasteiger partial charge is 0.339 e. The van der Waals surface area contributed by atoms with Crippen LogP contribution in [0, 0.1) is 0 Å². The highest BCUT2D eigenvalue weighted by atomic mass is 16.5. The summed E-state index contributed by atoms with van der Waals surface area (Å²) in [4.78, 5) is 20.2. The number of pyridine rings is 2. The Morgan fingerprint density at radius 1 is 0.957 bits per heavy atom. The first-order chi connectivity index (χ1) is 11.2. The number of carbonyl (C=O) groups excluding carboxylic acids is 1. The predicted octanol–water partition coefficient (Wildman–Crippen LogP) is 4.44. The van der Waals surface area contributed by atoms with Crippen molar-refractivity contribution in [2.45, 2.75) is 45.4 Å². The van der Waals surface area contributed by atoms with Gasteiger partial charge in [-0.05, 0) is 36.6 Å². The molecule has 0 atom stereocenters. The number of carbonyl (C=O) groups is 1. The minimum absolute atomic E-state index is 0.379. The molecule has 0 amide bonds. The quantitative estimate of drug-likeness (QED) is 0.534. The molecule has 0 aliphatic heterocycles. The molecule has 122 valence electrons. The highest BCUT2D eigenvalue weighted by Gasteiger charge is 2.07. The summed E-state index contributed by atoms with van der Waals surface area (Å²) in [5.74, 6) is -0.379. The van der Waals surface area contributed by atoms with Crippen LogP contribution in [0.1, 0.15) is 54.9 Å². The van der Waals surface area contributed by atoms with Crippen LogP contribution in [0.3, 0.4) is 0 Å². The Hall–Kier alpha value is -2.23. The molecule has 2 heterocycles. The van der Waals surface area contributed by atoms with Crippen LogP contribution >= 0.6 is 0 Å². The lowest BCUT2D eigenvalue weighted by Crippen LogP contribution is -2.01. The van der Waals surface area contributed by atoms with Gasteiger partial charge in [0, 0.05) is 12.4 Å². The van der Waals surface area contributed by atoms with Gasteiger partial charge in [-0.25, -0.2) is 4.79 Å². The first-order valence-electron chi connectivity index (χ1n) is 8.24. The number of aromatic nitrogens is 2. The van der Waals surface area contributed by atoms with Crippen molar-refractivity contribution in [1.29, 1.82) is 0 Å². The second kappa shape index (κ2) is 9.03. The number of methoxy groups -OCH3 is 1. The van der Waals surface area contributed by atoms with Crippen LogP contribution in [0.25, 0.3) is 11.4 Å². The molecule has 2 aromatic rings. The first kappa shape index (κ1) is 17.1. The van der Waals surface area contributed by atoms with Gasteiger partial charge in [0.05, 0.1) is 24.1 Å². The monoisotopic (exact) mass is 312 g/mol. The van der Waals surface area contributed by atoms with Crippen molar-refractivity contribution < 1.29 is 9.53 Å². The summed E-state index contributed by atoms with van der Waals surface area (Å²) in [5, 5.41) is 0. The van der Waals surface area contributed by atoms with E-state index in [9.17, 15) is 4.79 Å². The number of esters is 1. The molecule has 0 fully saturated rings. The molecule has 2 rings (SSSR count). The normalized spacial score (nSPS) is 10.5. The third-order valence-corrected chi connectivity index (χ3v) is 3.84. The van der Waals surface area contributed by atoms with E-state index in [1.165, 1.54) is 51.0 Å². The molecule has 0 N–H and O–H groups in total. The van der Waals surface area contributed by atoms with E-state index in [4.69, 9.17) is 0 Å². The van der Waals surface area contributed by atoms with Gasteiger partial charge in [0.1, 0.15) is 0 Å². The Bertz CT molecular complexity index is 606. The zero-order valence-electron chi connectivity index (χ0n) is 13.9. The van der Waals surface area contributed by atoms with Gasteiger partial charge < -0.3 is 4.74 Å².